The van der Waals surface area contributed by atoms with E-state index in [1.165, 1.54) is 18.2 Å². The first-order chi connectivity index (χ1) is 21.2. The van der Waals surface area contributed by atoms with Crippen LogP contribution in [0.15, 0.2) is 49.1 Å². The van der Waals surface area contributed by atoms with Gasteiger partial charge >= 0.3 is 12.1 Å². The van der Waals surface area contributed by atoms with Crippen LogP contribution in [0.2, 0.25) is 0 Å². The molecule has 1 aromatic carbocycles. The minimum atomic E-state index is -5.08. The van der Waals surface area contributed by atoms with E-state index >= 15 is 0 Å². The Labute approximate surface area is 253 Å². The van der Waals surface area contributed by atoms with Crippen molar-refractivity contribution in [1.29, 1.82) is 0 Å². The summed E-state index contributed by atoms with van der Waals surface area (Å²) in [6.07, 6.45) is 2.89. The number of anilines is 1. The van der Waals surface area contributed by atoms with E-state index in [-0.39, 0.29) is 22.6 Å². The summed E-state index contributed by atoms with van der Waals surface area (Å²) in [5.74, 6) is -3.53. The zero-order chi connectivity index (χ0) is 32.7. The summed E-state index contributed by atoms with van der Waals surface area (Å²) in [6, 6.07) is 5.59. The maximum atomic E-state index is 14.5. The average Bonchev–Trinajstić information content (AvgIpc) is 3.37. The number of rotatable bonds is 6. The summed E-state index contributed by atoms with van der Waals surface area (Å²) < 4.78 is 60.8. The van der Waals surface area contributed by atoms with Gasteiger partial charge in [0.25, 0.3) is 0 Å². The van der Waals surface area contributed by atoms with Gasteiger partial charge in [0.05, 0.1) is 46.1 Å². The number of benzene rings is 1. The number of nitrogens with one attached hydrogen (secondary N) is 1. The number of hydrogen-bond donors (Lipinski definition) is 3. The van der Waals surface area contributed by atoms with Crippen molar-refractivity contribution in [2.75, 3.05) is 11.9 Å². The minimum absolute atomic E-state index is 0.134. The third-order valence-corrected chi connectivity index (χ3v) is 8.42. The maximum Gasteiger partial charge on any atom is 0.490 e. The van der Waals surface area contributed by atoms with E-state index in [1.807, 2.05) is 0 Å². The molecule has 1 saturated carbocycles. The number of aliphatic hydroxyl groups is 1. The number of fused-ring (bicyclic) bond motifs is 5. The van der Waals surface area contributed by atoms with E-state index in [0.717, 1.165) is 29.8 Å². The molecule has 2 aliphatic rings. The Morgan fingerprint density at radius 3 is 2.31 bits per heavy atom. The lowest BCUT2D eigenvalue weighted by Crippen LogP contribution is -2.38. The second-order valence-electron chi connectivity index (χ2n) is 11.5. The number of carbonyl (C=O) groups is 1. The summed E-state index contributed by atoms with van der Waals surface area (Å²) in [5.41, 5.74) is 3.08. The van der Waals surface area contributed by atoms with Gasteiger partial charge in [-0.25, -0.2) is 28.5 Å². The van der Waals surface area contributed by atoms with Gasteiger partial charge in [0.15, 0.2) is 0 Å². The van der Waals surface area contributed by atoms with Crippen molar-refractivity contribution in [3.05, 3.63) is 77.6 Å². The van der Waals surface area contributed by atoms with Crippen molar-refractivity contribution in [3.63, 3.8) is 0 Å². The Hall–Kier alpha value is -4.66. The number of carboxylic acid groups (broad SMARTS) is 1. The first-order valence-corrected chi connectivity index (χ1v) is 13.9. The third-order valence-electron chi connectivity index (χ3n) is 8.42. The van der Waals surface area contributed by atoms with Crippen molar-refractivity contribution < 1.29 is 37.0 Å². The minimum Gasteiger partial charge on any atom is -0.475 e. The van der Waals surface area contributed by atoms with Crippen molar-refractivity contribution >= 4 is 11.9 Å². The Morgan fingerprint density at radius 1 is 1.07 bits per heavy atom. The molecule has 0 radical (unpaired) electrons. The molecule has 10 nitrogen and oxygen atoms in total. The molecule has 6 rings (SSSR count). The number of hydrogen-bond acceptors (Lipinski definition) is 9. The van der Waals surface area contributed by atoms with E-state index in [1.54, 1.807) is 37.8 Å². The number of aliphatic hydroxyl groups excluding tert-OH is 1. The second-order valence-corrected chi connectivity index (χ2v) is 11.5. The van der Waals surface area contributed by atoms with Crippen LogP contribution in [0.1, 0.15) is 56.5 Å². The van der Waals surface area contributed by atoms with Gasteiger partial charge in [-0.3, -0.25) is 4.98 Å². The highest BCUT2D eigenvalue weighted by Gasteiger charge is 2.65. The summed E-state index contributed by atoms with van der Waals surface area (Å²) in [4.78, 5) is 27.1. The zero-order valence-corrected chi connectivity index (χ0v) is 24.3. The summed E-state index contributed by atoms with van der Waals surface area (Å²) >= 11 is 0. The summed E-state index contributed by atoms with van der Waals surface area (Å²) in [7, 11) is 0. The van der Waals surface area contributed by atoms with Gasteiger partial charge in [-0.05, 0) is 54.9 Å². The van der Waals surface area contributed by atoms with Crippen LogP contribution in [0.4, 0.5) is 27.9 Å². The van der Waals surface area contributed by atoms with Crippen LogP contribution in [-0.2, 0) is 10.2 Å². The van der Waals surface area contributed by atoms with E-state index < -0.39 is 35.3 Å². The highest BCUT2D eigenvalue weighted by atomic mass is 19.4. The Morgan fingerprint density at radius 2 is 1.71 bits per heavy atom. The normalized spacial score (nSPS) is 20.2. The highest BCUT2D eigenvalue weighted by Crippen LogP contribution is 2.69. The summed E-state index contributed by atoms with van der Waals surface area (Å²) in [5, 5.41) is 28.4. The van der Waals surface area contributed by atoms with E-state index in [9.17, 15) is 27.1 Å². The molecule has 45 heavy (non-hydrogen) atoms. The second kappa shape index (κ2) is 11.7. The van der Waals surface area contributed by atoms with Crippen LogP contribution in [0.25, 0.3) is 22.5 Å². The predicted molar refractivity (Wildman–Crippen MR) is 151 cm³/mol. The fourth-order valence-electron chi connectivity index (χ4n) is 6.26. The lowest BCUT2D eigenvalue weighted by Gasteiger charge is -2.37. The molecule has 0 aliphatic heterocycles. The SMILES string of the molecule is C[C@@H](O)CNc1ncc(-c2cncc([C@@]34CC[C@@H](c5cc(-c6c(F)cccc6F)nnc53)C4(C)C)n2)cn1.O=C(O)C(F)(F)F. The third kappa shape index (κ3) is 5.67. The monoisotopic (exact) mass is 629 g/mol. The van der Waals surface area contributed by atoms with Crippen LogP contribution in [-0.4, -0.2) is 65.1 Å². The van der Waals surface area contributed by atoms with Crippen LogP contribution >= 0.6 is 0 Å². The first kappa shape index (κ1) is 31.8. The van der Waals surface area contributed by atoms with Gasteiger partial charge in [0, 0.05) is 30.7 Å². The van der Waals surface area contributed by atoms with Crippen molar-refractivity contribution in [3.8, 4) is 22.5 Å². The molecule has 0 spiro atoms. The van der Waals surface area contributed by atoms with Gasteiger partial charge in [-0.15, -0.1) is 5.10 Å². The number of aromatic nitrogens is 6. The molecule has 2 bridgehead atoms. The number of halogens is 5. The Bertz CT molecular complexity index is 1710. The van der Waals surface area contributed by atoms with Gasteiger partial charge in [0.1, 0.15) is 11.6 Å². The molecule has 3 N–H and O–H groups in total. The van der Waals surface area contributed by atoms with Gasteiger partial charge in [-0.1, -0.05) is 19.9 Å². The molecule has 3 atom stereocenters. The molecular formula is C30H28F5N7O3. The lowest BCUT2D eigenvalue weighted by atomic mass is 9.66. The van der Waals surface area contributed by atoms with Crippen molar-refractivity contribution in [2.45, 2.75) is 57.2 Å². The maximum absolute atomic E-state index is 14.5. The summed E-state index contributed by atoms with van der Waals surface area (Å²) in [6.45, 7) is 6.41. The fraction of sp³-hybridized carbons (Fsp3) is 0.367. The predicted octanol–water partition coefficient (Wildman–Crippen LogP) is 5.30. The number of aliphatic carboxylic acids is 1. The van der Waals surface area contributed by atoms with Gasteiger partial charge in [-0.2, -0.15) is 18.3 Å². The van der Waals surface area contributed by atoms with Gasteiger partial charge in [0.2, 0.25) is 5.95 Å². The molecule has 0 unspecified atom stereocenters. The smallest absolute Gasteiger partial charge is 0.475 e. The van der Waals surface area contributed by atoms with Crippen molar-refractivity contribution in [2.24, 2.45) is 5.41 Å². The number of alkyl halides is 3. The number of nitrogens with zero attached hydrogens (tertiary/aromatic N) is 6. The number of carboxylic acids is 1. The molecule has 0 saturated heterocycles. The van der Waals surface area contributed by atoms with Crippen LogP contribution in [0.5, 0.6) is 0 Å². The van der Waals surface area contributed by atoms with Crippen LogP contribution in [0, 0.1) is 17.0 Å². The topological polar surface area (TPSA) is 147 Å². The lowest BCUT2D eigenvalue weighted by molar-refractivity contribution is -0.192. The molecule has 3 heterocycles. The molecule has 0 amide bonds. The molecular weight excluding hydrogens is 601 g/mol. The standard InChI is InChI=1S/C28H27F2N7O.C2HF3O2/c1-15(38)10-32-26-33-11-16(12-34-26)22-13-31-14-23(35-22)28-8-7-18(27(28,2)3)17-9-21(36-37-25(17)28)24-19(29)5-4-6-20(24)30;3-2(4,5)1(6)7/h4-6,9,11-15,18,38H,7-8,10H2,1-3H3,(H,32,33,34);(H,6,7)/t15-,18+,28+;/m1./s1. The highest BCUT2D eigenvalue weighted by molar-refractivity contribution is 5.73. The molecule has 236 valence electrons. The molecule has 1 fully saturated rings. The van der Waals surface area contributed by atoms with Crippen molar-refractivity contribution in [1.82, 2.24) is 30.1 Å². The van der Waals surface area contributed by atoms with E-state index in [0.29, 0.717) is 23.8 Å². The van der Waals surface area contributed by atoms with Crippen LogP contribution < -0.4 is 5.32 Å². The van der Waals surface area contributed by atoms with Gasteiger partial charge < -0.3 is 15.5 Å². The Kier molecular flexibility index (Phi) is 8.25. The van der Waals surface area contributed by atoms with E-state index in [2.05, 4.69) is 44.3 Å². The molecule has 15 heteroatoms. The largest absolute Gasteiger partial charge is 0.490 e. The first-order valence-electron chi connectivity index (χ1n) is 13.9. The molecule has 4 aromatic rings. The zero-order valence-electron chi connectivity index (χ0n) is 24.3. The fourth-order valence-corrected chi connectivity index (χ4v) is 6.26. The quantitative estimate of drug-likeness (QED) is 0.240. The molecule has 2 aliphatic carbocycles. The van der Waals surface area contributed by atoms with Crippen LogP contribution in [0.3, 0.4) is 0 Å². The Balaban J connectivity index is 0.000000515. The molecule has 3 aromatic heterocycles. The van der Waals surface area contributed by atoms with E-state index in [4.69, 9.17) is 14.9 Å². The average molecular weight is 630 g/mol.